The van der Waals surface area contributed by atoms with Gasteiger partial charge in [-0.2, -0.15) is 13.2 Å². The Balaban J connectivity index is 2.06. The molecule has 8 heteroatoms. The third-order valence-corrected chi connectivity index (χ3v) is 3.99. The van der Waals surface area contributed by atoms with E-state index in [1.807, 2.05) is 31.2 Å². The summed E-state index contributed by atoms with van der Waals surface area (Å²) in [6, 6.07) is 12.6. The number of hydrogen-bond acceptors (Lipinski definition) is 3. The number of hydrogen-bond donors (Lipinski definition) is 2. The number of nitrogens with two attached hydrogens (primary N) is 1. The monoisotopic (exact) mass is 395 g/mol. The van der Waals surface area contributed by atoms with Crippen molar-refractivity contribution in [2.45, 2.75) is 32.2 Å². The Bertz CT molecular complexity index is 794. The zero-order chi connectivity index (χ0) is 20.6. The van der Waals surface area contributed by atoms with Crippen LogP contribution in [0.25, 0.3) is 0 Å². The van der Waals surface area contributed by atoms with E-state index in [0.717, 1.165) is 17.3 Å². The van der Waals surface area contributed by atoms with E-state index in [4.69, 9.17) is 15.2 Å². The number of anilines is 1. The van der Waals surface area contributed by atoms with Gasteiger partial charge in [-0.25, -0.2) is 4.99 Å². The number of aliphatic imine (C=N–C) groups is 1. The minimum atomic E-state index is -4.48. The van der Waals surface area contributed by atoms with E-state index in [-0.39, 0.29) is 18.3 Å². The third kappa shape index (κ3) is 6.16. The quantitative estimate of drug-likeness (QED) is 0.512. The SMILES string of the molecule is CCC(CN=C(N)Nc1ccccc1COC)Oc1ccccc1C(F)(F)F. The first-order valence-corrected chi connectivity index (χ1v) is 8.81. The highest BCUT2D eigenvalue weighted by Crippen LogP contribution is 2.36. The van der Waals surface area contributed by atoms with E-state index in [2.05, 4.69) is 10.3 Å². The summed E-state index contributed by atoms with van der Waals surface area (Å²) in [6.45, 7) is 2.34. The normalized spacial score (nSPS) is 13.2. The lowest BCUT2D eigenvalue weighted by molar-refractivity contribution is -0.139. The van der Waals surface area contributed by atoms with Gasteiger partial charge in [0.05, 0.1) is 18.7 Å². The van der Waals surface area contributed by atoms with Crippen LogP contribution in [0.5, 0.6) is 5.75 Å². The molecule has 0 saturated heterocycles. The zero-order valence-corrected chi connectivity index (χ0v) is 15.8. The number of benzene rings is 2. The van der Waals surface area contributed by atoms with E-state index in [0.29, 0.717) is 13.0 Å². The Hall–Kier alpha value is -2.74. The van der Waals surface area contributed by atoms with Gasteiger partial charge in [-0.05, 0) is 24.6 Å². The van der Waals surface area contributed by atoms with Crippen molar-refractivity contribution in [2.75, 3.05) is 19.0 Å². The first-order chi connectivity index (χ1) is 13.3. The molecule has 0 bridgehead atoms. The van der Waals surface area contributed by atoms with Gasteiger partial charge in [-0.1, -0.05) is 37.3 Å². The summed E-state index contributed by atoms with van der Waals surface area (Å²) in [6.07, 6.45) is -4.55. The molecule has 0 aliphatic heterocycles. The van der Waals surface area contributed by atoms with Gasteiger partial charge in [0, 0.05) is 18.4 Å². The molecule has 0 radical (unpaired) electrons. The molecular formula is C20H24F3N3O2. The topological polar surface area (TPSA) is 68.9 Å². The molecule has 1 unspecified atom stereocenters. The highest BCUT2D eigenvalue weighted by Gasteiger charge is 2.34. The van der Waals surface area contributed by atoms with Crippen molar-refractivity contribution >= 4 is 11.6 Å². The fraction of sp³-hybridized carbons (Fsp3) is 0.350. The van der Waals surface area contributed by atoms with E-state index in [1.54, 1.807) is 7.11 Å². The van der Waals surface area contributed by atoms with Crippen molar-refractivity contribution in [3.8, 4) is 5.75 Å². The van der Waals surface area contributed by atoms with Crippen LogP contribution in [0.15, 0.2) is 53.5 Å². The number of para-hydroxylation sites is 2. The molecule has 0 aliphatic carbocycles. The summed E-state index contributed by atoms with van der Waals surface area (Å²) in [7, 11) is 1.59. The van der Waals surface area contributed by atoms with Gasteiger partial charge < -0.3 is 20.5 Å². The molecule has 0 heterocycles. The van der Waals surface area contributed by atoms with Gasteiger partial charge in [0.1, 0.15) is 11.9 Å². The van der Waals surface area contributed by atoms with E-state index >= 15 is 0 Å². The Morgan fingerprint density at radius 3 is 2.50 bits per heavy atom. The average molecular weight is 395 g/mol. The molecule has 3 N–H and O–H groups in total. The summed E-state index contributed by atoms with van der Waals surface area (Å²) < 4.78 is 50.0. The lowest BCUT2D eigenvalue weighted by Gasteiger charge is -2.19. The van der Waals surface area contributed by atoms with Crippen LogP contribution in [0.2, 0.25) is 0 Å². The van der Waals surface area contributed by atoms with Crippen LogP contribution < -0.4 is 15.8 Å². The van der Waals surface area contributed by atoms with Crippen LogP contribution >= 0.6 is 0 Å². The van der Waals surface area contributed by atoms with Crippen LogP contribution in [0, 0.1) is 0 Å². The second kappa shape index (κ2) is 9.98. The van der Waals surface area contributed by atoms with Gasteiger partial charge in [-0.15, -0.1) is 0 Å². The third-order valence-electron chi connectivity index (χ3n) is 3.99. The van der Waals surface area contributed by atoms with E-state index < -0.39 is 17.8 Å². The Morgan fingerprint density at radius 1 is 1.14 bits per heavy atom. The van der Waals surface area contributed by atoms with Gasteiger partial charge in [0.2, 0.25) is 0 Å². The standard InChI is InChI=1S/C20H24F3N3O2/c1-3-15(28-18-11-7-5-9-16(18)20(21,22)23)12-25-19(24)26-17-10-6-4-8-14(17)13-27-2/h4-11,15H,3,12-13H2,1-2H3,(H3,24,25,26). The molecular weight excluding hydrogens is 371 g/mol. The number of halogens is 3. The number of methoxy groups -OCH3 is 1. The predicted octanol–water partition coefficient (Wildman–Crippen LogP) is 4.44. The predicted molar refractivity (Wildman–Crippen MR) is 103 cm³/mol. The molecule has 28 heavy (non-hydrogen) atoms. The molecule has 0 aliphatic rings. The number of ether oxygens (including phenoxy) is 2. The summed E-state index contributed by atoms with van der Waals surface area (Å²) in [5, 5.41) is 2.99. The second-order valence-corrected chi connectivity index (χ2v) is 6.08. The molecule has 0 amide bonds. The fourth-order valence-corrected chi connectivity index (χ4v) is 2.53. The summed E-state index contributed by atoms with van der Waals surface area (Å²) in [4.78, 5) is 4.22. The van der Waals surface area contributed by atoms with Gasteiger partial charge >= 0.3 is 6.18 Å². The van der Waals surface area contributed by atoms with E-state index in [1.165, 1.54) is 18.2 Å². The van der Waals surface area contributed by atoms with Gasteiger partial charge in [0.15, 0.2) is 5.96 Å². The molecule has 0 saturated carbocycles. The summed E-state index contributed by atoms with van der Waals surface area (Å²) >= 11 is 0. The Morgan fingerprint density at radius 2 is 1.82 bits per heavy atom. The Labute approximate surface area is 162 Å². The van der Waals surface area contributed by atoms with Crippen molar-refractivity contribution in [1.82, 2.24) is 0 Å². The zero-order valence-electron chi connectivity index (χ0n) is 15.8. The maximum Gasteiger partial charge on any atom is 0.419 e. The largest absolute Gasteiger partial charge is 0.488 e. The number of rotatable bonds is 8. The number of guanidine groups is 1. The van der Waals surface area contributed by atoms with Crippen LogP contribution in [-0.2, 0) is 17.5 Å². The fourth-order valence-electron chi connectivity index (χ4n) is 2.53. The van der Waals surface area contributed by atoms with Crippen molar-refractivity contribution in [3.63, 3.8) is 0 Å². The van der Waals surface area contributed by atoms with Crippen molar-refractivity contribution in [3.05, 3.63) is 59.7 Å². The molecule has 152 valence electrons. The second-order valence-electron chi connectivity index (χ2n) is 6.08. The molecule has 0 aromatic heterocycles. The molecule has 2 aromatic carbocycles. The van der Waals surface area contributed by atoms with Gasteiger partial charge in [-0.3, -0.25) is 0 Å². The molecule has 1 atom stereocenters. The maximum absolute atomic E-state index is 13.1. The number of nitrogens with zero attached hydrogens (tertiary/aromatic N) is 1. The first-order valence-electron chi connectivity index (χ1n) is 8.81. The Kier molecular flexibility index (Phi) is 7.69. The van der Waals surface area contributed by atoms with E-state index in [9.17, 15) is 13.2 Å². The molecule has 5 nitrogen and oxygen atoms in total. The maximum atomic E-state index is 13.1. The van der Waals surface area contributed by atoms with Crippen LogP contribution in [-0.4, -0.2) is 25.7 Å². The lowest BCUT2D eigenvalue weighted by atomic mass is 10.2. The summed E-state index contributed by atoms with van der Waals surface area (Å²) in [5.41, 5.74) is 6.78. The van der Waals surface area contributed by atoms with Crippen LogP contribution in [0.1, 0.15) is 24.5 Å². The first kappa shape index (κ1) is 21.6. The van der Waals surface area contributed by atoms with Gasteiger partial charge in [0.25, 0.3) is 0 Å². The van der Waals surface area contributed by atoms with Crippen LogP contribution in [0.4, 0.5) is 18.9 Å². The highest BCUT2D eigenvalue weighted by atomic mass is 19.4. The molecule has 0 spiro atoms. The smallest absolute Gasteiger partial charge is 0.419 e. The van der Waals surface area contributed by atoms with Crippen LogP contribution in [0.3, 0.4) is 0 Å². The molecule has 2 aromatic rings. The lowest BCUT2D eigenvalue weighted by Crippen LogP contribution is -2.27. The summed E-state index contributed by atoms with van der Waals surface area (Å²) in [5.74, 6) is -0.0660. The molecule has 2 rings (SSSR count). The number of alkyl halides is 3. The van der Waals surface area contributed by atoms with Crippen molar-refractivity contribution in [1.29, 1.82) is 0 Å². The van der Waals surface area contributed by atoms with Crippen molar-refractivity contribution in [2.24, 2.45) is 10.7 Å². The highest BCUT2D eigenvalue weighted by molar-refractivity contribution is 5.92. The molecule has 0 fully saturated rings. The minimum absolute atomic E-state index is 0.119. The van der Waals surface area contributed by atoms with Crippen molar-refractivity contribution < 1.29 is 22.6 Å². The number of nitrogens with one attached hydrogen (secondary N) is 1. The minimum Gasteiger partial charge on any atom is -0.488 e. The average Bonchev–Trinajstić information content (AvgIpc) is 2.66.